The van der Waals surface area contributed by atoms with Gasteiger partial charge in [0.15, 0.2) is 0 Å². The van der Waals surface area contributed by atoms with Crippen LogP contribution in [0, 0.1) is 0 Å². The molecule has 0 aromatic heterocycles. The van der Waals surface area contributed by atoms with Gasteiger partial charge in [-0.05, 0) is 31.0 Å². The van der Waals surface area contributed by atoms with Crippen molar-refractivity contribution in [3.05, 3.63) is 29.8 Å². The van der Waals surface area contributed by atoms with E-state index < -0.39 is 12.0 Å². The molecule has 100 valence electrons. The first-order valence-electron chi connectivity index (χ1n) is 6.55. The van der Waals surface area contributed by atoms with Gasteiger partial charge in [0.25, 0.3) is 0 Å². The number of fused-ring (bicyclic) bond motifs is 1. The first-order chi connectivity index (χ1) is 9.18. The lowest BCUT2D eigenvalue weighted by Crippen LogP contribution is -2.50. The van der Waals surface area contributed by atoms with Crippen LogP contribution in [0.1, 0.15) is 18.4 Å². The summed E-state index contributed by atoms with van der Waals surface area (Å²) >= 11 is 0. The molecule has 5 heteroatoms. The lowest BCUT2D eigenvalue weighted by Gasteiger charge is -2.25. The lowest BCUT2D eigenvalue weighted by molar-refractivity contribution is -0.140. The quantitative estimate of drug-likeness (QED) is 0.824. The van der Waals surface area contributed by atoms with Crippen LogP contribution in [0.5, 0.6) is 0 Å². The Hall–Kier alpha value is -1.88. The van der Waals surface area contributed by atoms with Crippen molar-refractivity contribution in [1.82, 2.24) is 5.32 Å². The molecule has 0 radical (unpaired) electrons. The average Bonchev–Trinajstić information content (AvgIpc) is 3.05. The van der Waals surface area contributed by atoms with Gasteiger partial charge >= 0.3 is 5.97 Å². The Kier molecular flexibility index (Phi) is 2.98. The van der Waals surface area contributed by atoms with E-state index in [4.69, 9.17) is 0 Å². The van der Waals surface area contributed by atoms with E-state index in [-0.39, 0.29) is 11.9 Å². The summed E-state index contributed by atoms with van der Waals surface area (Å²) in [7, 11) is 0. The smallest absolute Gasteiger partial charge is 0.327 e. The van der Waals surface area contributed by atoms with Crippen LogP contribution >= 0.6 is 0 Å². The molecule has 2 aliphatic rings. The number of nitrogens with one attached hydrogen (secondary N) is 1. The van der Waals surface area contributed by atoms with E-state index in [1.54, 1.807) is 0 Å². The van der Waals surface area contributed by atoms with Gasteiger partial charge in [-0.3, -0.25) is 9.69 Å². The number of anilines is 1. The molecule has 0 spiro atoms. The van der Waals surface area contributed by atoms with E-state index in [0.29, 0.717) is 6.42 Å². The number of carboxylic acids is 1. The fraction of sp³-hybridized carbons (Fsp3) is 0.429. The number of carbonyl (C=O) groups is 2. The van der Waals surface area contributed by atoms with Crippen molar-refractivity contribution in [2.45, 2.75) is 31.3 Å². The zero-order valence-corrected chi connectivity index (χ0v) is 10.5. The highest BCUT2D eigenvalue weighted by molar-refractivity contribution is 6.04. The van der Waals surface area contributed by atoms with E-state index in [0.717, 1.165) is 30.6 Å². The van der Waals surface area contributed by atoms with Gasteiger partial charge in [-0.1, -0.05) is 18.2 Å². The monoisotopic (exact) mass is 260 g/mol. The minimum absolute atomic E-state index is 0.116. The number of rotatable bonds is 2. The van der Waals surface area contributed by atoms with Gasteiger partial charge in [0, 0.05) is 12.1 Å². The average molecular weight is 260 g/mol. The van der Waals surface area contributed by atoms with Crippen LogP contribution in [-0.4, -0.2) is 35.6 Å². The third kappa shape index (κ3) is 2.00. The van der Waals surface area contributed by atoms with E-state index in [9.17, 15) is 14.7 Å². The molecule has 0 bridgehead atoms. The molecule has 1 unspecified atom stereocenters. The summed E-state index contributed by atoms with van der Waals surface area (Å²) in [5.41, 5.74) is 1.68. The van der Waals surface area contributed by atoms with Crippen molar-refractivity contribution in [3.8, 4) is 0 Å². The summed E-state index contributed by atoms with van der Waals surface area (Å²) in [6.45, 7) is 0.823. The Morgan fingerprint density at radius 2 is 2.11 bits per heavy atom. The molecule has 5 nitrogen and oxygen atoms in total. The Morgan fingerprint density at radius 1 is 1.32 bits per heavy atom. The van der Waals surface area contributed by atoms with Crippen LogP contribution in [-0.2, 0) is 16.0 Å². The fourth-order valence-corrected chi connectivity index (χ4v) is 2.92. The Balaban J connectivity index is 1.95. The maximum Gasteiger partial charge on any atom is 0.327 e. The van der Waals surface area contributed by atoms with Gasteiger partial charge in [0.1, 0.15) is 6.04 Å². The van der Waals surface area contributed by atoms with Gasteiger partial charge in [0.05, 0.1) is 6.04 Å². The molecule has 0 aliphatic carbocycles. The molecule has 0 saturated carbocycles. The van der Waals surface area contributed by atoms with E-state index in [1.807, 2.05) is 24.3 Å². The number of nitrogens with zero attached hydrogens (tertiary/aromatic N) is 1. The first-order valence-corrected chi connectivity index (χ1v) is 6.55. The molecule has 1 saturated heterocycles. The lowest BCUT2D eigenvalue weighted by atomic mass is 10.1. The SMILES string of the molecule is O=C(O)C1Cc2ccccc2N1C(=O)[C@@H]1CCCN1. The van der Waals surface area contributed by atoms with Crippen LogP contribution < -0.4 is 10.2 Å². The largest absolute Gasteiger partial charge is 0.480 e. The molecule has 2 heterocycles. The van der Waals surface area contributed by atoms with Gasteiger partial charge in [0.2, 0.25) is 5.91 Å². The third-order valence-electron chi connectivity index (χ3n) is 3.86. The predicted molar refractivity (Wildman–Crippen MR) is 70.1 cm³/mol. The second kappa shape index (κ2) is 4.66. The number of benzene rings is 1. The number of hydrogen-bond acceptors (Lipinski definition) is 3. The molecular formula is C14H16N2O3. The highest BCUT2D eigenvalue weighted by atomic mass is 16.4. The highest BCUT2D eigenvalue weighted by Gasteiger charge is 2.41. The maximum atomic E-state index is 12.5. The van der Waals surface area contributed by atoms with E-state index in [1.165, 1.54) is 4.90 Å². The van der Waals surface area contributed by atoms with Crippen molar-refractivity contribution in [3.63, 3.8) is 0 Å². The number of amides is 1. The summed E-state index contributed by atoms with van der Waals surface area (Å²) < 4.78 is 0. The van der Waals surface area contributed by atoms with Crippen molar-refractivity contribution in [2.24, 2.45) is 0 Å². The van der Waals surface area contributed by atoms with Crippen LogP contribution in [0.15, 0.2) is 24.3 Å². The zero-order valence-electron chi connectivity index (χ0n) is 10.5. The third-order valence-corrected chi connectivity index (χ3v) is 3.86. The van der Waals surface area contributed by atoms with Crippen LogP contribution in [0.4, 0.5) is 5.69 Å². The summed E-state index contributed by atoms with van der Waals surface area (Å²) in [5.74, 6) is -1.06. The summed E-state index contributed by atoms with van der Waals surface area (Å²) in [4.78, 5) is 25.4. The van der Waals surface area contributed by atoms with Gasteiger partial charge < -0.3 is 10.4 Å². The second-order valence-corrected chi connectivity index (χ2v) is 5.04. The molecule has 1 aromatic carbocycles. The number of carbonyl (C=O) groups excluding carboxylic acids is 1. The molecule has 1 fully saturated rings. The minimum atomic E-state index is -0.942. The molecule has 1 amide bonds. The summed E-state index contributed by atoms with van der Waals surface area (Å²) in [6, 6.07) is 6.41. The standard InChI is InChI=1S/C14H16N2O3/c17-13(10-5-3-7-15-10)16-11-6-2-1-4-9(11)8-12(16)14(18)19/h1-2,4,6,10,12,15H,3,5,7-8H2,(H,18,19)/t10-,12?/m0/s1. The van der Waals surface area contributed by atoms with Crippen LogP contribution in [0.2, 0.25) is 0 Å². The second-order valence-electron chi connectivity index (χ2n) is 5.04. The van der Waals surface area contributed by atoms with Crippen LogP contribution in [0.3, 0.4) is 0 Å². The summed E-state index contributed by atoms with van der Waals surface area (Å²) in [5, 5.41) is 12.5. The van der Waals surface area contributed by atoms with Crippen molar-refractivity contribution < 1.29 is 14.7 Å². The predicted octanol–water partition coefficient (Wildman–Crippen LogP) is 0.781. The van der Waals surface area contributed by atoms with Gasteiger partial charge in [-0.2, -0.15) is 0 Å². The first kappa shape index (κ1) is 12.2. The molecule has 2 N–H and O–H groups in total. The molecule has 2 atom stereocenters. The molecular weight excluding hydrogens is 244 g/mol. The van der Waals surface area contributed by atoms with Crippen molar-refractivity contribution in [2.75, 3.05) is 11.4 Å². The van der Waals surface area contributed by atoms with E-state index >= 15 is 0 Å². The normalized spacial score (nSPS) is 25.4. The minimum Gasteiger partial charge on any atom is -0.480 e. The summed E-state index contributed by atoms with van der Waals surface area (Å²) in [6.07, 6.45) is 2.14. The molecule has 3 rings (SSSR count). The molecule has 1 aromatic rings. The highest BCUT2D eigenvalue weighted by Crippen LogP contribution is 2.33. The number of hydrogen-bond donors (Lipinski definition) is 2. The van der Waals surface area contributed by atoms with Crippen molar-refractivity contribution >= 4 is 17.6 Å². The van der Waals surface area contributed by atoms with Gasteiger partial charge in [-0.25, -0.2) is 4.79 Å². The van der Waals surface area contributed by atoms with Gasteiger partial charge in [-0.15, -0.1) is 0 Å². The Morgan fingerprint density at radius 3 is 2.79 bits per heavy atom. The fourth-order valence-electron chi connectivity index (χ4n) is 2.92. The number of aliphatic carboxylic acids is 1. The topological polar surface area (TPSA) is 69.6 Å². The van der Waals surface area contributed by atoms with Crippen molar-refractivity contribution in [1.29, 1.82) is 0 Å². The number of para-hydroxylation sites is 1. The zero-order chi connectivity index (χ0) is 13.4. The molecule has 2 aliphatic heterocycles. The Bertz CT molecular complexity index is 523. The van der Waals surface area contributed by atoms with Crippen LogP contribution in [0.25, 0.3) is 0 Å². The number of carboxylic acid groups (broad SMARTS) is 1. The molecule has 19 heavy (non-hydrogen) atoms. The van der Waals surface area contributed by atoms with E-state index in [2.05, 4.69) is 5.32 Å². The maximum absolute atomic E-state index is 12.5. The Labute approximate surface area is 111 Å².